The van der Waals surface area contributed by atoms with E-state index in [1.807, 2.05) is 0 Å². The zero-order chi connectivity index (χ0) is 14.2. The molecule has 0 aliphatic carbocycles. The van der Waals surface area contributed by atoms with E-state index in [0.717, 1.165) is 6.07 Å². The second kappa shape index (κ2) is 4.87. The Balaban J connectivity index is 2.67. The van der Waals surface area contributed by atoms with Gasteiger partial charge in [-0.05, 0) is 12.1 Å². The van der Waals surface area contributed by atoms with E-state index < -0.39 is 16.6 Å². The van der Waals surface area contributed by atoms with Gasteiger partial charge in [-0.2, -0.15) is 0 Å². The van der Waals surface area contributed by atoms with Crippen LogP contribution in [0.25, 0.3) is 5.69 Å². The molecule has 0 aliphatic heterocycles. The minimum atomic E-state index is -1.26. The van der Waals surface area contributed by atoms with Crippen LogP contribution in [0.3, 0.4) is 0 Å². The number of nitro groups is 1. The normalized spacial score (nSPS) is 10.4. The molecule has 0 fully saturated rings. The summed E-state index contributed by atoms with van der Waals surface area (Å²) < 4.78 is 1.20. The van der Waals surface area contributed by atoms with Crippen molar-refractivity contribution in [1.82, 2.24) is 9.55 Å². The third kappa shape index (κ3) is 2.38. The molecule has 0 atom stereocenters. The van der Waals surface area contributed by atoms with Gasteiger partial charge in [-0.1, -0.05) is 23.2 Å². The Hall–Kier alpha value is -2.12. The number of halogens is 2. The quantitative estimate of drug-likeness (QED) is 0.694. The fourth-order valence-corrected chi connectivity index (χ4v) is 1.80. The lowest BCUT2D eigenvalue weighted by Gasteiger charge is -2.05. The fraction of sp³-hybridized carbons (Fsp3) is 0. The molecule has 0 spiro atoms. The van der Waals surface area contributed by atoms with Gasteiger partial charge in [0.1, 0.15) is 12.0 Å². The van der Waals surface area contributed by atoms with E-state index in [2.05, 4.69) is 4.98 Å². The summed E-state index contributed by atoms with van der Waals surface area (Å²) in [4.78, 5) is 24.8. The molecule has 1 aromatic carbocycles. The molecular weight excluding hydrogens is 297 g/mol. The SMILES string of the molecule is O=C(O)c1ccc(-n2cnc(Cl)c2Cl)c([N+](=O)[O-])c1. The third-order valence-electron chi connectivity index (χ3n) is 2.35. The Kier molecular flexibility index (Phi) is 3.41. The Morgan fingerprint density at radius 1 is 1.42 bits per heavy atom. The van der Waals surface area contributed by atoms with Gasteiger partial charge in [-0.25, -0.2) is 9.78 Å². The summed E-state index contributed by atoms with van der Waals surface area (Å²) in [5.74, 6) is -1.26. The topological polar surface area (TPSA) is 98.3 Å². The Bertz CT molecular complexity index is 683. The van der Waals surface area contributed by atoms with Crippen LogP contribution in [-0.2, 0) is 0 Å². The lowest BCUT2D eigenvalue weighted by Crippen LogP contribution is -2.03. The maximum atomic E-state index is 11.0. The lowest BCUT2D eigenvalue weighted by molar-refractivity contribution is -0.384. The lowest BCUT2D eigenvalue weighted by atomic mass is 10.1. The number of imidazole rings is 1. The van der Waals surface area contributed by atoms with Crippen LogP contribution in [0.1, 0.15) is 10.4 Å². The number of aromatic carboxylic acids is 1. The molecule has 1 aromatic heterocycles. The number of nitrogens with zero attached hydrogens (tertiary/aromatic N) is 3. The highest BCUT2D eigenvalue weighted by Gasteiger charge is 2.21. The van der Waals surface area contributed by atoms with Crippen LogP contribution in [0, 0.1) is 10.1 Å². The van der Waals surface area contributed by atoms with Crippen molar-refractivity contribution in [3.63, 3.8) is 0 Å². The van der Waals surface area contributed by atoms with E-state index in [1.165, 1.54) is 23.0 Å². The molecule has 9 heteroatoms. The molecule has 0 bridgehead atoms. The Morgan fingerprint density at radius 2 is 2.11 bits per heavy atom. The van der Waals surface area contributed by atoms with E-state index in [9.17, 15) is 14.9 Å². The molecule has 7 nitrogen and oxygen atoms in total. The van der Waals surface area contributed by atoms with Gasteiger partial charge in [0.25, 0.3) is 5.69 Å². The zero-order valence-electron chi connectivity index (χ0n) is 9.08. The van der Waals surface area contributed by atoms with Crippen molar-refractivity contribution >= 4 is 34.9 Å². The third-order valence-corrected chi connectivity index (χ3v) is 3.08. The molecule has 0 amide bonds. The van der Waals surface area contributed by atoms with Gasteiger partial charge in [-0.3, -0.25) is 14.7 Å². The summed E-state index contributed by atoms with van der Waals surface area (Å²) in [6.45, 7) is 0. The van der Waals surface area contributed by atoms with Crippen molar-refractivity contribution in [3.8, 4) is 5.69 Å². The van der Waals surface area contributed by atoms with Crippen LogP contribution in [-0.4, -0.2) is 25.6 Å². The van der Waals surface area contributed by atoms with Crippen LogP contribution in [0.4, 0.5) is 5.69 Å². The van der Waals surface area contributed by atoms with Crippen LogP contribution in [0.2, 0.25) is 10.3 Å². The summed E-state index contributed by atoms with van der Waals surface area (Å²) >= 11 is 11.5. The molecule has 0 saturated heterocycles. The fourth-order valence-electron chi connectivity index (χ4n) is 1.49. The minimum absolute atomic E-state index is 0.00160. The monoisotopic (exact) mass is 301 g/mol. The van der Waals surface area contributed by atoms with Gasteiger partial charge in [0.2, 0.25) is 0 Å². The van der Waals surface area contributed by atoms with Crippen LogP contribution in [0.5, 0.6) is 0 Å². The number of benzene rings is 1. The largest absolute Gasteiger partial charge is 0.478 e. The molecule has 1 N–H and O–H groups in total. The van der Waals surface area contributed by atoms with Crippen molar-refractivity contribution in [1.29, 1.82) is 0 Å². The van der Waals surface area contributed by atoms with E-state index in [4.69, 9.17) is 28.3 Å². The number of carboxylic acids is 1. The maximum Gasteiger partial charge on any atom is 0.335 e. The summed E-state index contributed by atoms with van der Waals surface area (Å²) in [7, 11) is 0. The van der Waals surface area contributed by atoms with Crippen molar-refractivity contribution in [2.75, 3.05) is 0 Å². The first-order valence-electron chi connectivity index (χ1n) is 4.82. The summed E-state index contributed by atoms with van der Waals surface area (Å²) in [6, 6.07) is 3.45. The summed E-state index contributed by atoms with van der Waals surface area (Å²) in [5.41, 5.74) is -0.520. The molecule has 2 aromatic rings. The van der Waals surface area contributed by atoms with Gasteiger partial charge in [0.05, 0.1) is 10.5 Å². The molecule has 98 valence electrons. The standard InChI is InChI=1S/C10H5Cl2N3O4/c11-8-9(12)14(4-13-8)6-2-1-5(10(16)17)3-7(6)15(18)19/h1-4H,(H,16,17). The molecule has 19 heavy (non-hydrogen) atoms. The van der Waals surface area contributed by atoms with E-state index in [-0.39, 0.29) is 21.6 Å². The Labute approximate surface area is 116 Å². The van der Waals surface area contributed by atoms with Gasteiger partial charge in [0.15, 0.2) is 10.3 Å². The van der Waals surface area contributed by atoms with Gasteiger partial charge >= 0.3 is 5.97 Å². The number of rotatable bonds is 3. The highest BCUT2D eigenvalue weighted by molar-refractivity contribution is 6.40. The van der Waals surface area contributed by atoms with Crippen LogP contribution < -0.4 is 0 Å². The molecular formula is C10H5Cl2N3O4. The van der Waals surface area contributed by atoms with E-state index >= 15 is 0 Å². The van der Waals surface area contributed by atoms with Crippen molar-refractivity contribution in [3.05, 3.63) is 50.5 Å². The molecule has 0 saturated carbocycles. The average molecular weight is 302 g/mol. The molecule has 1 heterocycles. The van der Waals surface area contributed by atoms with Crippen molar-refractivity contribution in [2.45, 2.75) is 0 Å². The predicted octanol–water partition coefficient (Wildman–Crippen LogP) is 2.79. The van der Waals surface area contributed by atoms with Gasteiger partial charge in [-0.15, -0.1) is 0 Å². The minimum Gasteiger partial charge on any atom is -0.478 e. The van der Waals surface area contributed by atoms with Gasteiger partial charge in [0, 0.05) is 6.07 Å². The maximum absolute atomic E-state index is 11.0. The predicted molar refractivity (Wildman–Crippen MR) is 67.2 cm³/mol. The highest BCUT2D eigenvalue weighted by Crippen LogP contribution is 2.30. The van der Waals surface area contributed by atoms with Gasteiger partial charge < -0.3 is 5.11 Å². The van der Waals surface area contributed by atoms with Crippen molar-refractivity contribution < 1.29 is 14.8 Å². The smallest absolute Gasteiger partial charge is 0.335 e. The first kappa shape index (κ1) is 13.3. The zero-order valence-corrected chi connectivity index (χ0v) is 10.6. The number of nitro benzene ring substituents is 1. The molecule has 0 unspecified atom stereocenters. The van der Waals surface area contributed by atoms with Crippen molar-refractivity contribution in [2.24, 2.45) is 0 Å². The number of aromatic nitrogens is 2. The van der Waals surface area contributed by atoms with Crippen LogP contribution >= 0.6 is 23.2 Å². The Morgan fingerprint density at radius 3 is 2.58 bits per heavy atom. The number of hydrogen-bond donors (Lipinski definition) is 1. The summed E-state index contributed by atoms with van der Waals surface area (Å²) in [5, 5.41) is 19.8. The molecule has 0 radical (unpaired) electrons. The average Bonchev–Trinajstić information content (AvgIpc) is 2.69. The molecule has 2 rings (SSSR count). The van der Waals surface area contributed by atoms with E-state index in [0.29, 0.717) is 0 Å². The first-order chi connectivity index (χ1) is 8.91. The molecule has 0 aliphatic rings. The highest BCUT2D eigenvalue weighted by atomic mass is 35.5. The first-order valence-corrected chi connectivity index (χ1v) is 5.58. The number of carbonyl (C=O) groups is 1. The number of carboxylic acid groups (broad SMARTS) is 1. The van der Waals surface area contributed by atoms with Crippen LogP contribution in [0.15, 0.2) is 24.5 Å². The second-order valence-electron chi connectivity index (χ2n) is 3.46. The number of hydrogen-bond acceptors (Lipinski definition) is 4. The summed E-state index contributed by atoms with van der Waals surface area (Å²) in [6.07, 6.45) is 1.22. The van der Waals surface area contributed by atoms with E-state index in [1.54, 1.807) is 0 Å². The second-order valence-corrected chi connectivity index (χ2v) is 4.18.